The van der Waals surface area contributed by atoms with Crippen LogP contribution in [0.4, 0.5) is 14.6 Å². The molecule has 1 aromatic rings. The molecule has 0 bridgehead atoms. The highest BCUT2D eigenvalue weighted by molar-refractivity contribution is 6.09. The third-order valence-corrected chi connectivity index (χ3v) is 4.13. The first-order chi connectivity index (χ1) is 11.9. The van der Waals surface area contributed by atoms with E-state index in [-0.39, 0.29) is 31.8 Å². The number of nitrogens with zero attached hydrogens (tertiary/aromatic N) is 2. The van der Waals surface area contributed by atoms with Gasteiger partial charge in [-0.2, -0.15) is 0 Å². The van der Waals surface area contributed by atoms with Gasteiger partial charge in [-0.25, -0.2) is 13.8 Å². The van der Waals surface area contributed by atoms with Crippen molar-refractivity contribution in [2.75, 3.05) is 18.4 Å². The lowest BCUT2D eigenvalue weighted by Crippen LogP contribution is -2.42. The van der Waals surface area contributed by atoms with Crippen LogP contribution < -0.4 is 5.32 Å². The van der Waals surface area contributed by atoms with Crippen molar-refractivity contribution in [2.45, 2.75) is 18.8 Å². The molecular formula is C18H18F2N4O. The molecule has 0 saturated carbocycles. The summed E-state index contributed by atoms with van der Waals surface area (Å²) in [5.74, 6) is -2.42. The number of amides is 1. The van der Waals surface area contributed by atoms with Crippen LogP contribution in [0, 0.1) is 5.41 Å². The molecule has 2 aliphatic rings. The summed E-state index contributed by atoms with van der Waals surface area (Å²) in [6.45, 7) is 0.111. The summed E-state index contributed by atoms with van der Waals surface area (Å²) in [4.78, 5) is 17.9. The maximum atomic E-state index is 13.2. The molecule has 0 atom stereocenters. The van der Waals surface area contributed by atoms with Crippen LogP contribution in [-0.2, 0) is 0 Å². The maximum Gasteiger partial charge on any atom is 0.255 e. The second-order valence-electron chi connectivity index (χ2n) is 5.96. The molecule has 7 heteroatoms. The van der Waals surface area contributed by atoms with Gasteiger partial charge >= 0.3 is 0 Å². The zero-order chi connectivity index (χ0) is 17.9. The summed E-state index contributed by atoms with van der Waals surface area (Å²) in [5, 5.41) is 10.8. The Kier molecular flexibility index (Phi) is 4.74. The van der Waals surface area contributed by atoms with Crippen LogP contribution in [-0.4, -0.2) is 40.5 Å². The van der Waals surface area contributed by atoms with E-state index in [0.717, 1.165) is 5.57 Å². The summed E-state index contributed by atoms with van der Waals surface area (Å²) in [7, 11) is 0. The molecule has 1 fully saturated rings. The van der Waals surface area contributed by atoms with E-state index in [4.69, 9.17) is 5.41 Å². The number of nitrogens with one attached hydrogen (secondary N) is 2. The Labute approximate surface area is 144 Å². The van der Waals surface area contributed by atoms with Crippen LogP contribution >= 0.6 is 0 Å². The zero-order valence-electron chi connectivity index (χ0n) is 13.5. The topological polar surface area (TPSA) is 69.1 Å². The molecular weight excluding hydrogens is 326 g/mol. The van der Waals surface area contributed by atoms with Gasteiger partial charge in [-0.1, -0.05) is 18.2 Å². The Balaban J connectivity index is 1.61. The first-order valence-electron chi connectivity index (χ1n) is 7.98. The number of halogens is 2. The first kappa shape index (κ1) is 17.0. The molecule has 1 aliphatic heterocycles. The Morgan fingerprint density at radius 3 is 2.60 bits per heavy atom. The van der Waals surface area contributed by atoms with E-state index >= 15 is 0 Å². The minimum absolute atomic E-state index is 0.0555. The average molecular weight is 344 g/mol. The molecule has 2 heterocycles. The van der Waals surface area contributed by atoms with Crippen LogP contribution in [0.3, 0.4) is 0 Å². The van der Waals surface area contributed by atoms with Crippen molar-refractivity contribution in [1.82, 2.24) is 9.88 Å². The van der Waals surface area contributed by atoms with E-state index in [2.05, 4.69) is 10.3 Å². The molecule has 1 saturated heterocycles. The highest BCUT2D eigenvalue weighted by Crippen LogP contribution is 2.28. The molecule has 1 aromatic heterocycles. The number of carbonyl (C=O) groups is 1. The number of rotatable bonds is 3. The van der Waals surface area contributed by atoms with Crippen LogP contribution in [0.5, 0.6) is 0 Å². The van der Waals surface area contributed by atoms with Gasteiger partial charge < -0.3 is 15.6 Å². The van der Waals surface area contributed by atoms with Crippen molar-refractivity contribution in [3.8, 4) is 0 Å². The van der Waals surface area contributed by atoms with Gasteiger partial charge in [0.1, 0.15) is 5.82 Å². The minimum atomic E-state index is -2.67. The molecule has 0 unspecified atom stereocenters. The Bertz CT molecular complexity index is 756. The first-order valence-corrected chi connectivity index (χ1v) is 7.98. The smallest absolute Gasteiger partial charge is 0.255 e. The minimum Gasteiger partial charge on any atom is -0.346 e. The number of pyridine rings is 1. The van der Waals surface area contributed by atoms with E-state index in [0.29, 0.717) is 17.1 Å². The molecule has 0 radical (unpaired) electrons. The van der Waals surface area contributed by atoms with E-state index in [1.165, 1.54) is 11.1 Å². The van der Waals surface area contributed by atoms with Crippen LogP contribution in [0.1, 0.15) is 23.2 Å². The van der Waals surface area contributed by atoms with E-state index in [1.54, 1.807) is 36.6 Å². The number of anilines is 1. The summed E-state index contributed by atoms with van der Waals surface area (Å²) in [6, 6.07) is 3.26. The lowest BCUT2D eigenvalue weighted by atomic mass is 10.1. The largest absolute Gasteiger partial charge is 0.346 e. The lowest BCUT2D eigenvalue weighted by Gasteiger charge is -2.31. The molecule has 1 amide bonds. The van der Waals surface area contributed by atoms with Crippen molar-refractivity contribution in [3.05, 3.63) is 60.0 Å². The van der Waals surface area contributed by atoms with Crippen molar-refractivity contribution in [1.29, 1.82) is 5.41 Å². The number of piperidine rings is 1. The monoisotopic (exact) mass is 344 g/mol. The summed E-state index contributed by atoms with van der Waals surface area (Å²) in [6.07, 6.45) is 9.61. The SMILES string of the molecule is N=C1C=CC=C/C1=C/Nc1ccc(C(=O)N2CCC(F)(F)CC2)cn1. The highest BCUT2D eigenvalue weighted by atomic mass is 19.3. The number of carbonyl (C=O) groups excluding carboxylic acids is 1. The fraction of sp³-hybridized carbons (Fsp3) is 0.278. The van der Waals surface area contributed by atoms with Gasteiger partial charge in [0.05, 0.1) is 11.3 Å². The standard InChI is InChI=1S/C18H18F2N4O/c19-18(20)7-9-24(10-8-18)17(25)14-5-6-16(23-12-14)22-11-13-3-1-2-4-15(13)21/h1-6,11-12,21H,7-10H2,(H,22,23)/b13-11-,21-15?. The van der Waals surface area contributed by atoms with Gasteiger partial charge in [-0.15, -0.1) is 0 Å². The number of likely N-dealkylation sites (tertiary alicyclic amines) is 1. The second-order valence-corrected chi connectivity index (χ2v) is 5.96. The van der Waals surface area contributed by atoms with Gasteiger partial charge in [0.15, 0.2) is 0 Å². The molecule has 2 N–H and O–H groups in total. The third kappa shape index (κ3) is 4.17. The van der Waals surface area contributed by atoms with E-state index in [1.807, 2.05) is 6.08 Å². The summed E-state index contributed by atoms with van der Waals surface area (Å²) < 4.78 is 26.3. The Hall–Kier alpha value is -2.83. The number of hydrogen-bond donors (Lipinski definition) is 2. The molecule has 25 heavy (non-hydrogen) atoms. The zero-order valence-corrected chi connectivity index (χ0v) is 13.5. The average Bonchev–Trinajstić information content (AvgIpc) is 2.61. The summed E-state index contributed by atoms with van der Waals surface area (Å²) >= 11 is 0. The van der Waals surface area contributed by atoms with Crippen molar-refractivity contribution >= 4 is 17.4 Å². The molecule has 1 aliphatic carbocycles. The van der Waals surface area contributed by atoms with Crippen LogP contribution in [0.15, 0.2) is 54.4 Å². The predicted molar refractivity (Wildman–Crippen MR) is 92.0 cm³/mol. The quantitative estimate of drug-likeness (QED) is 0.883. The second kappa shape index (κ2) is 6.96. The van der Waals surface area contributed by atoms with Crippen LogP contribution in [0.25, 0.3) is 0 Å². The van der Waals surface area contributed by atoms with Gasteiger partial charge in [-0.3, -0.25) is 4.79 Å². The van der Waals surface area contributed by atoms with Gasteiger partial charge in [-0.05, 0) is 18.2 Å². The molecule has 5 nitrogen and oxygen atoms in total. The van der Waals surface area contributed by atoms with E-state index in [9.17, 15) is 13.6 Å². The number of allylic oxidation sites excluding steroid dienone is 5. The third-order valence-electron chi connectivity index (χ3n) is 4.13. The van der Waals surface area contributed by atoms with Crippen molar-refractivity contribution in [2.24, 2.45) is 0 Å². The lowest BCUT2D eigenvalue weighted by molar-refractivity contribution is -0.0494. The Morgan fingerprint density at radius 2 is 1.96 bits per heavy atom. The normalized spacial score (nSPS) is 20.8. The molecule has 0 spiro atoms. The number of hydrogen-bond acceptors (Lipinski definition) is 4. The van der Waals surface area contributed by atoms with Gasteiger partial charge in [0.25, 0.3) is 11.8 Å². The molecule has 3 rings (SSSR count). The van der Waals surface area contributed by atoms with Crippen molar-refractivity contribution in [3.63, 3.8) is 0 Å². The predicted octanol–water partition coefficient (Wildman–Crippen LogP) is 3.39. The number of aromatic nitrogens is 1. The van der Waals surface area contributed by atoms with Gasteiger partial charge in [0.2, 0.25) is 0 Å². The van der Waals surface area contributed by atoms with Gasteiger partial charge in [0, 0.05) is 43.9 Å². The van der Waals surface area contributed by atoms with Crippen LogP contribution in [0.2, 0.25) is 0 Å². The number of alkyl halides is 2. The highest BCUT2D eigenvalue weighted by Gasteiger charge is 2.35. The Morgan fingerprint density at radius 1 is 1.24 bits per heavy atom. The summed E-state index contributed by atoms with van der Waals surface area (Å²) in [5.41, 5.74) is 1.49. The fourth-order valence-electron chi connectivity index (χ4n) is 2.60. The fourth-order valence-corrected chi connectivity index (χ4v) is 2.60. The molecule has 0 aromatic carbocycles. The van der Waals surface area contributed by atoms with Crippen molar-refractivity contribution < 1.29 is 13.6 Å². The van der Waals surface area contributed by atoms with E-state index < -0.39 is 5.92 Å². The maximum absolute atomic E-state index is 13.2. The molecule has 130 valence electrons.